The van der Waals surface area contributed by atoms with Crippen LogP contribution in [-0.2, 0) is 0 Å². The molecular formula is C14H13N3. The molecule has 3 N–H and O–H groups in total. The second-order valence-electron chi connectivity index (χ2n) is 4.08. The number of nitrogens with zero attached hydrogens (tertiary/aromatic N) is 1. The molecule has 1 aromatic carbocycles. The summed E-state index contributed by atoms with van der Waals surface area (Å²) < 4.78 is 0. The first-order valence-electron chi connectivity index (χ1n) is 5.59. The van der Waals surface area contributed by atoms with Gasteiger partial charge in [0.2, 0.25) is 0 Å². The van der Waals surface area contributed by atoms with Crippen molar-refractivity contribution in [2.45, 2.75) is 5.92 Å². The van der Waals surface area contributed by atoms with Gasteiger partial charge in [0.25, 0.3) is 0 Å². The van der Waals surface area contributed by atoms with Gasteiger partial charge in [-0.2, -0.15) is 0 Å². The van der Waals surface area contributed by atoms with Gasteiger partial charge in [0.15, 0.2) is 0 Å². The zero-order valence-electron chi connectivity index (χ0n) is 9.30. The Bertz CT molecular complexity index is 614. The molecule has 0 amide bonds. The summed E-state index contributed by atoms with van der Waals surface area (Å²) >= 11 is 0. The van der Waals surface area contributed by atoms with Gasteiger partial charge in [-0.25, -0.2) is 0 Å². The fourth-order valence-electron chi connectivity index (χ4n) is 2.00. The predicted octanol–water partition coefficient (Wildman–Crippen LogP) is 2.24. The van der Waals surface area contributed by atoms with Crippen molar-refractivity contribution in [1.82, 2.24) is 10.3 Å². The van der Waals surface area contributed by atoms with E-state index >= 15 is 0 Å². The molecule has 3 nitrogen and oxygen atoms in total. The Labute approximate surface area is 99.7 Å². The minimum atomic E-state index is 0.154. The molecule has 1 aliphatic rings. The third kappa shape index (κ3) is 1.87. The maximum absolute atomic E-state index is 5.75. The van der Waals surface area contributed by atoms with Crippen molar-refractivity contribution in [3.8, 4) is 0 Å². The molecule has 0 fully saturated rings. The zero-order chi connectivity index (χ0) is 11.7. The summed E-state index contributed by atoms with van der Waals surface area (Å²) in [6.45, 7) is 0. The molecule has 84 valence electrons. The Morgan fingerprint density at radius 2 is 2.00 bits per heavy atom. The van der Waals surface area contributed by atoms with E-state index in [-0.39, 0.29) is 5.92 Å². The van der Waals surface area contributed by atoms with Crippen LogP contribution in [-0.4, -0.2) is 4.98 Å². The summed E-state index contributed by atoms with van der Waals surface area (Å²) in [5.41, 5.74) is 7.78. The molecule has 0 bridgehead atoms. The van der Waals surface area contributed by atoms with Crippen molar-refractivity contribution in [2.24, 2.45) is 5.73 Å². The highest BCUT2D eigenvalue weighted by Gasteiger charge is 2.10. The monoisotopic (exact) mass is 223 g/mol. The summed E-state index contributed by atoms with van der Waals surface area (Å²) in [6.07, 6.45) is 5.88. The lowest BCUT2D eigenvalue weighted by atomic mass is 10.0. The highest BCUT2D eigenvalue weighted by atomic mass is 15.0. The maximum atomic E-state index is 5.75. The van der Waals surface area contributed by atoms with Crippen LogP contribution in [0.5, 0.6) is 0 Å². The minimum absolute atomic E-state index is 0.154. The van der Waals surface area contributed by atoms with Crippen LogP contribution in [0.25, 0.3) is 10.9 Å². The normalized spacial score (nSPS) is 18.8. The van der Waals surface area contributed by atoms with E-state index in [1.54, 1.807) is 0 Å². The maximum Gasteiger partial charge on any atom is 0.0968 e. The summed E-state index contributed by atoms with van der Waals surface area (Å²) in [5, 5.41) is 4.11. The van der Waals surface area contributed by atoms with Crippen molar-refractivity contribution < 1.29 is 0 Å². The standard InChI is InChI=1S/C14H13N3/c15-14-9-11(7-8-16-14)13-6-5-10-3-1-2-4-12(10)17-13/h1-9,11,16H,15H2. The van der Waals surface area contributed by atoms with E-state index in [0.717, 1.165) is 16.6 Å². The van der Waals surface area contributed by atoms with E-state index in [4.69, 9.17) is 5.73 Å². The second kappa shape index (κ2) is 3.94. The molecule has 3 heteroatoms. The number of rotatable bonds is 1. The van der Waals surface area contributed by atoms with Gasteiger partial charge >= 0.3 is 0 Å². The van der Waals surface area contributed by atoms with Crippen LogP contribution in [0.1, 0.15) is 11.6 Å². The van der Waals surface area contributed by atoms with Gasteiger partial charge in [-0.05, 0) is 24.4 Å². The fraction of sp³-hybridized carbons (Fsp3) is 0.0714. The van der Waals surface area contributed by atoms with Gasteiger partial charge in [-0.1, -0.05) is 30.3 Å². The Morgan fingerprint density at radius 1 is 1.12 bits per heavy atom. The van der Waals surface area contributed by atoms with E-state index in [2.05, 4.69) is 22.4 Å². The van der Waals surface area contributed by atoms with E-state index < -0.39 is 0 Å². The molecule has 1 atom stereocenters. The van der Waals surface area contributed by atoms with Gasteiger partial charge < -0.3 is 11.1 Å². The van der Waals surface area contributed by atoms with Crippen LogP contribution in [0.2, 0.25) is 0 Å². The SMILES string of the molecule is NC1=CC(c2ccc3ccccc3n2)C=CN1. The molecule has 1 aliphatic heterocycles. The largest absolute Gasteiger partial charge is 0.386 e. The number of dihydropyridines is 1. The Balaban J connectivity index is 2.06. The van der Waals surface area contributed by atoms with Crippen LogP contribution in [0.15, 0.2) is 60.6 Å². The van der Waals surface area contributed by atoms with Crippen molar-refractivity contribution in [2.75, 3.05) is 0 Å². The lowest BCUT2D eigenvalue weighted by Gasteiger charge is -2.14. The molecule has 0 spiro atoms. The number of nitrogens with one attached hydrogen (secondary N) is 1. The van der Waals surface area contributed by atoms with Crippen molar-refractivity contribution in [1.29, 1.82) is 0 Å². The van der Waals surface area contributed by atoms with Crippen molar-refractivity contribution in [3.05, 3.63) is 66.3 Å². The summed E-state index contributed by atoms with van der Waals surface area (Å²) in [6, 6.07) is 12.3. The first-order valence-corrected chi connectivity index (χ1v) is 5.59. The minimum Gasteiger partial charge on any atom is -0.386 e. The first-order chi connectivity index (χ1) is 8.33. The van der Waals surface area contributed by atoms with Crippen LogP contribution < -0.4 is 11.1 Å². The molecule has 0 aliphatic carbocycles. The van der Waals surface area contributed by atoms with Gasteiger partial charge in [-0.15, -0.1) is 0 Å². The second-order valence-corrected chi connectivity index (χ2v) is 4.08. The average molecular weight is 223 g/mol. The average Bonchev–Trinajstić information content (AvgIpc) is 2.38. The zero-order valence-corrected chi connectivity index (χ0v) is 9.30. The highest BCUT2D eigenvalue weighted by Crippen LogP contribution is 2.22. The molecule has 3 rings (SSSR count). The number of pyridine rings is 1. The third-order valence-electron chi connectivity index (χ3n) is 2.87. The first kappa shape index (κ1) is 9.90. The molecular weight excluding hydrogens is 210 g/mol. The number of fused-ring (bicyclic) bond motifs is 1. The molecule has 2 aromatic rings. The lowest BCUT2D eigenvalue weighted by Crippen LogP contribution is -2.18. The molecule has 1 unspecified atom stereocenters. The molecule has 0 radical (unpaired) electrons. The third-order valence-corrected chi connectivity index (χ3v) is 2.87. The molecule has 0 saturated heterocycles. The van der Waals surface area contributed by atoms with Crippen LogP contribution in [0.3, 0.4) is 0 Å². The highest BCUT2D eigenvalue weighted by molar-refractivity contribution is 5.78. The molecule has 1 aromatic heterocycles. The van der Waals surface area contributed by atoms with E-state index in [1.807, 2.05) is 42.6 Å². The van der Waals surface area contributed by atoms with Gasteiger partial charge in [-0.3, -0.25) is 4.98 Å². The van der Waals surface area contributed by atoms with Crippen molar-refractivity contribution >= 4 is 10.9 Å². The van der Waals surface area contributed by atoms with Gasteiger partial charge in [0, 0.05) is 11.3 Å². The van der Waals surface area contributed by atoms with Gasteiger partial charge in [0.05, 0.1) is 17.0 Å². The Hall–Kier alpha value is -2.29. The van der Waals surface area contributed by atoms with Crippen LogP contribution in [0.4, 0.5) is 0 Å². The molecule has 0 saturated carbocycles. The van der Waals surface area contributed by atoms with E-state index in [9.17, 15) is 0 Å². The number of hydrogen-bond donors (Lipinski definition) is 2. The van der Waals surface area contributed by atoms with Crippen LogP contribution >= 0.6 is 0 Å². The predicted molar refractivity (Wildman–Crippen MR) is 69.0 cm³/mol. The number of benzene rings is 1. The smallest absolute Gasteiger partial charge is 0.0968 e. The number of nitrogens with two attached hydrogens (primary N) is 1. The lowest BCUT2D eigenvalue weighted by molar-refractivity contribution is 0.893. The van der Waals surface area contributed by atoms with E-state index in [0.29, 0.717) is 5.82 Å². The van der Waals surface area contributed by atoms with E-state index in [1.165, 1.54) is 0 Å². The number of para-hydroxylation sites is 1. The summed E-state index contributed by atoms with van der Waals surface area (Å²) in [5.74, 6) is 0.827. The van der Waals surface area contributed by atoms with Gasteiger partial charge in [0.1, 0.15) is 0 Å². The Kier molecular flexibility index (Phi) is 2.29. The Morgan fingerprint density at radius 3 is 2.88 bits per heavy atom. The fourth-order valence-corrected chi connectivity index (χ4v) is 2.00. The molecule has 17 heavy (non-hydrogen) atoms. The van der Waals surface area contributed by atoms with Crippen LogP contribution in [0, 0.1) is 0 Å². The number of hydrogen-bond acceptors (Lipinski definition) is 3. The van der Waals surface area contributed by atoms with Crippen molar-refractivity contribution in [3.63, 3.8) is 0 Å². The quantitative estimate of drug-likeness (QED) is 0.779. The number of aromatic nitrogens is 1. The summed E-state index contributed by atoms with van der Waals surface area (Å²) in [7, 11) is 0. The molecule has 2 heterocycles. The number of allylic oxidation sites excluding steroid dienone is 2. The summed E-state index contributed by atoms with van der Waals surface area (Å²) in [4.78, 5) is 4.65. The topological polar surface area (TPSA) is 50.9 Å².